The minimum absolute atomic E-state index is 0.0602. The van der Waals surface area contributed by atoms with Crippen LogP contribution in [0.2, 0.25) is 0 Å². The highest BCUT2D eigenvalue weighted by Gasteiger charge is 2.16. The van der Waals surface area contributed by atoms with Crippen LogP contribution in [0.25, 0.3) is 16.5 Å². The first-order valence-electron chi connectivity index (χ1n) is 9.82. The lowest BCUT2D eigenvalue weighted by Crippen LogP contribution is -2.27. The Balaban J connectivity index is 1.73. The molecule has 1 saturated heterocycles. The molecule has 1 aliphatic rings. The van der Waals surface area contributed by atoms with Gasteiger partial charge in [-0.05, 0) is 48.4 Å². The van der Waals surface area contributed by atoms with E-state index < -0.39 is 0 Å². The molecule has 1 N–H and O–H groups in total. The molecule has 0 amide bonds. The second-order valence-electron chi connectivity index (χ2n) is 7.11. The summed E-state index contributed by atoms with van der Waals surface area (Å²) in [6.45, 7) is 4.46. The van der Waals surface area contributed by atoms with Gasteiger partial charge in [-0.2, -0.15) is 0 Å². The first-order chi connectivity index (χ1) is 13.3. The van der Waals surface area contributed by atoms with E-state index in [0.29, 0.717) is 12.6 Å². The lowest BCUT2D eigenvalue weighted by Gasteiger charge is -2.16. The van der Waals surface area contributed by atoms with Crippen LogP contribution in [0.5, 0.6) is 0 Å². The number of fused-ring (bicyclic) bond motifs is 1. The predicted molar refractivity (Wildman–Crippen MR) is 110 cm³/mol. The zero-order chi connectivity index (χ0) is 18.6. The summed E-state index contributed by atoms with van der Waals surface area (Å²) in [5.74, 6) is 0. The summed E-state index contributed by atoms with van der Waals surface area (Å²) in [5.41, 5.74) is 3.06. The maximum atomic E-state index is 13.5. The fourth-order valence-corrected chi connectivity index (χ4v) is 3.93. The van der Waals surface area contributed by atoms with Gasteiger partial charge >= 0.3 is 0 Å². The van der Waals surface area contributed by atoms with Gasteiger partial charge in [0.05, 0.1) is 11.5 Å². The SMILES string of the molecule is CCc1cc2cccc(CNCC3CCCO3)c2c(=O)n1-c1ccccc1. The molecule has 140 valence electrons. The number of nitrogens with one attached hydrogen (secondary N) is 1. The van der Waals surface area contributed by atoms with Gasteiger partial charge in [0.15, 0.2) is 0 Å². The average molecular weight is 362 g/mol. The normalized spacial score (nSPS) is 16.9. The van der Waals surface area contributed by atoms with Crippen LogP contribution in [0.1, 0.15) is 31.0 Å². The second-order valence-corrected chi connectivity index (χ2v) is 7.11. The highest BCUT2D eigenvalue weighted by Crippen LogP contribution is 2.20. The third kappa shape index (κ3) is 3.68. The number of ether oxygens (including phenoxy) is 1. The monoisotopic (exact) mass is 362 g/mol. The third-order valence-corrected chi connectivity index (χ3v) is 5.30. The van der Waals surface area contributed by atoms with E-state index in [1.165, 1.54) is 0 Å². The number of benzene rings is 2. The van der Waals surface area contributed by atoms with E-state index in [-0.39, 0.29) is 5.56 Å². The van der Waals surface area contributed by atoms with Crippen LogP contribution in [-0.2, 0) is 17.7 Å². The van der Waals surface area contributed by atoms with Crippen LogP contribution in [-0.4, -0.2) is 23.8 Å². The highest BCUT2D eigenvalue weighted by atomic mass is 16.5. The van der Waals surface area contributed by atoms with Crippen molar-refractivity contribution in [3.8, 4) is 5.69 Å². The summed E-state index contributed by atoms with van der Waals surface area (Å²) >= 11 is 0. The van der Waals surface area contributed by atoms with Crippen molar-refractivity contribution in [1.29, 1.82) is 0 Å². The smallest absolute Gasteiger partial charge is 0.263 e. The molecule has 0 bridgehead atoms. The Labute approximate surface area is 159 Å². The molecule has 27 heavy (non-hydrogen) atoms. The van der Waals surface area contributed by atoms with Crippen LogP contribution in [0.4, 0.5) is 0 Å². The van der Waals surface area contributed by atoms with Gasteiger partial charge in [-0.25, -0.2) is 0 Å². The quantitative estimate of drug-likeness (QED) is 0.725. The molecular formula is C23H26N2O2. The van der Waals surface area contributed by atoms with Crippen molar-refractivity contribution < 1.29 is 4.74 Å². The van der Waals surface area contributed by atoms with Crippen molar-refractivity contribution in [3.63, 3.8) is 0 Å². The number of rotatable bonds is 6. The average Bonchev–Trinajstić information content (AvgIpc) is 3.22. The Morgan fingerprint density at radius 3 is 2.74 bits per heavy atom. The topological polar surface area (TPSA) is 43.3 Å². The van der Waals surface area contributed by atoms with Gasteiger partial charge in [0.2, 0.25) is 0 Å². The van der Waals surface area contributed by atoms with E-state index in [1.807, 2.05) is 53.1 Å². The lowest BCUT2D eigenvalue weighted by molar-refractivity contribution is 0.110. The zero-order valence-corrected chi connectivity index (χ0v) is 15.8. The molecule has 1 aromatic heterocycles. The van der Waals surface area contributed by atoms with E-state index >= 15 is 0 Å². The van der Waals surface area contributed by atoms with Crippen LogP contribution in [0.15, 0.2) is 59.4 Å². The maximum Gasteiger partial charge on any atom is 0.263 e. The van der Waals surface area contributed by atoms with E-state index in [9.17, 15) is 4.79 Å². The third-order valence-electron chi connectivity index (χ3n) is 5.30. The van der Waals surface area contributed by atoms with Crippen molar-refractivity contribution in [2.45, 2.75) is 38.8 Å². The molecule has 2 heterocycles. The molecule has 1 fully saturated rings. The van der Waals surface area contributed by atoms with Crippen molar-refractivity contribution in [3.05, 3.63) is 76.2 Å². The molecule has 1 unspecified atom stereocenters. The van der Waals surface area contributed by atoms with Crippen molar-refractivity contribution in [1.82, 2.24) is 9.88 Å². The lowest BCUT2D eigenvalue weighted by atomic mass is 10.0. The number of nitrogens with zero attached hydrogens (tertiary/aromatic N) is 1. The fraction of sp³-hybridized carbons (Fsp3) is 0.348. The van der Waals surface area contributed by atoms with Gasteiger partial charge in [0.1, 0.15) is 0 Å². The van der Waals surface area contributed by atoms with Crippen molar-refractivity contribution in [2.24, 2.45) is 0 Å². The Bertz CT molecular complexity index is 973. The Morgan fingerprint density at radius 1 is 1.15 bits per heavy atom. The number of aromatic nitrogens is 1. The van der Waals surface area contributed by atoms with Crippen LogP contribution < -0.4 is 10.9 Å². The summed E-state index contributed by atoms with van der Waals surface area (Å²) < 4.78 is 7.53. The number of para-hydroxylation sites is 1. The minimum atomic E-state index is 0.0602. The molecule has 3 aromatic rings. The van der Waals surface area contributed by atoms with Crippen molar-refractivity contribution in [2.75, 3.05) is 13.2 Å². The minimum Gasteiger partial charge on any atom is -0.377 e. The van der Waals surface area contributed by atoms with Gasteiger partial charge in [0, 0.05) is 31.1 Å². The number of hydrogen-bond acceptors (Lipinski definition) is 3. The molecule has 4 heteroatoms. The summed E-state index contributed by atoms with van der Waals surface area (Å²) in [6.07, 6.45) is 3.36. The van der Waals surface area contributed by atoms with Gasteiger partial charge in [-0.3, -0.25) is 9.36 Å². The van der Waals surface area contributed by atoms with Gasteiger partial charge in [-0.1, -0.05) is 43.3 Å². The Morgan fingerprint density at radius 2 is 2.00 bits per heavy atom. The standard InChI is InChI=1S/C23H26N2O2/c1-2-19-14-17-8-6-9-18(15-24-16-21-12-7-13-27-21)22(17)23(26)25(19)20-10-4-3-5-11-20/h3-6,8-11,14,21,24H,2,7,12-13,15-16H2,1H3. The van der Waals surface area contributed by atoms with Crippen LogP contribution in [0, 0.1) is 0 Å². The number of aryl methyl sites for hydroxylation is 1. The molecule has 0 saturated carbocycles. The van der Waals surface area contributed by atoms with E-state index in [2.05, 4.69) is 18.3 Å². The van der Waals surface area contributed by atoms with Crippen LogP contribution in [0.3, 0.4) is 0 Å². The van der Waals surface area contributed by atoms with Crippen LogP contribution >= 0.6 is 0 Å². The van der Waals surface area contributed by atoms with Gasteiger partial charge in [-0.15, -0.1) is 0 Å². The molecule has 4 rings (SSSR count). The first-order valence-corrected chi connectivity index (χ1v) is 9.82. The molecule has 0 aliphatic carbocycles. The maximum absolute atomic E-state index is 13.5. The summed E-state index contributed by atoms with van der Waals surface area (Å²) in [4.78, 5) is 13.5. The number of hydrogen-bond donors (Lipinski definition) is 1. The number of pyridine rings is 1. The molecular weight excluding hydrogens is 336 g/mol. The zero-order valence-electron chi connectivity index (χ0n) is 15.8. The molecule has 4 nitrogen and oxygen atoms in total. The Kier molecular flexibility index (Phi) is 5.37. The predicted octanol–water partition coefficient (Wildman–Crippen LogP) is 3.82. The fourth-order valence-electron chi connectivity index (χ4n) is 3.93. The summed E-state index contributed by atoms with van der Waals surface area (Å²) in [7, 11) is 0. The first kappa shape index (κ1) is 18.0. The van der Waals surface area contributed by atoms with E-state index in [0.717, 1.165) is 60.1 Å². The van der Waals surface area contributed by atoms with E-state index in [4.69, 9.17) is 4.74 Å². The highest BCUT2D eigenvalue weighted by molar-refractivity contribution is 5.85. The van der Waals surface area contributed by atoms with Crippen molar-refractivity contribution >= 4 is 10.8 Å². The summed E-state index contributed by atoms with van der Waals surface area (Å²) in [6, 6.07) is 18.2. The molecule has 1 atom stereocenters. The largest absolute Gasteiger partial charge is 0.377 e. The second kappa shape index (κ2) is 8.07. The molecule has 0 spiro atoms. The molecule has 2 aromatic carbocycles. The molecule has 1 aliphatic heterocycles. The summed E-state index contributed by atoms with van der Waals surface area (Å²) in [5, 5.41) is 5.30. The van der Waals surface area contributed by atoms with Gasteiger partial charge < -0.3 is 10.1 Å². The molecule has 0 radical (unpaired) electrons. The Hall–Kier alpha value is -2.43. The van der Waals surface area contributed by atoms with E-state index in [1.54, 1.807) is 0 Å². The van der Waals surface area contributed by atoms with Gasteiger partial charge in [0.25, 0.3) is 5.56 Å².